The van der Waals surface area contributed by atoms with Gasteiger partial charge in [0.15, 0.2) is 5.41 Å². The van der Waals surface area contributed by atoms with Crippen LogP contribution in [0.4, 0.5) is 0 Å². The van der Waals surface area contributed by atoms with Crippen LogP contribution in [0.3, 0.4) is 0 Å². The second-order valence-corrected chi connectivity index (χ2v) is 4.29. The maximum absolute atomic E-state index is 11.6. The zero-order valence-electron chi connectivity index (χ0n) is 9.96. The Morgan fingerprint density at radius 3 is 2.60 bits per heavy atom. The maximum Gasteiger partial charge on any atom is 0.327 e. The lowest BCUT2D eigenvalue weighted by molar-refractivity contribution is -0.151. The molecule has 4 heteroatoms. The van der Waals surface area contributed by atoms with Crippen molar-refractivity contribution in [2.24, 2.45) is 11.3 Å². The molecule has 0 rings (SSSR count). The first-order valence-corrected chi connectivity index (χ1v) is 5.19. The first-order chi connectivity index (χ1) is 6.96. The van der Waals surface area contributed by atoms with Crippen LogP contribution in [0.2, 0.25) is 0 Å². The molecule has 0 aromatic rings. The van der Waals surface area contributed by atoms with Crippen LogP contribution in [0.15, 0.2) is 0 Å². The monoisotopic (exact) mass is 212 g/mol. The third kappa shape index (κ3) is 4.80. The molecule has 0 saturated carbocycles. The summed E-state index contributed by atoms with van der Waals surface area (Å²) in [6.07, 6.45) is 0.826. The fraction of sp³-hybridized carbons (Fsp3) is 0.818. The van der Waals surface area contributed by atoms with E-state index in [2.05, 4.69) is 19.2 Å². The topological polar surface area (TPSA) is 62.1 Å². The Morgan fingerprint density at radius 1 is 1.60 bits per heavy atom. The van der Waals surface area contributed by atoms with Crippen LogP contribution < -0.4 is 5.32 Å². The van der Waals surface area contributed by atoms with Crippen molar-refractivity contribution in [1.29, 1.82) is 5.26 Å². The van der Waals surface area contributed by atoms with Gasteiger partial charge in [-0.2, -0.15) is 5.26 Å². The van der Waals surface area contributed by atoms with E-state index in [4.69, 9.17) is 10.00 Å². The standard InChI is InChI=1S/C11H20N2O2/c1-9(2)5-6-15-10(14)11(3,7-12)8-13-4/h9,13H,5-6,8H2,1-4H3. The van der Waals surface area contributed by atoms with Gasteiger partial charge in [-0.1, -0.05) is 13.8 Å². The highest BCUT2D eigenvalue weighted by atomic mass is 16.5. The van der Waals surface area contributed by atoms with Crippen molar-refractivity contribution in [3.8, 4) is 6.07 Å². The van der Waals surface area contributed by atoms with Crippen molar-refractivity contribution < 1.29 is 9.53 Å². The predicted molar refractivity (Wildman–Crippen MR) is 58.1 cm³/mol. The summed E-state index contributed by atoms with van der Waals surface area (Å²) < 4.78 is 5.06. The highest BCUT2D eigenvalue weighted by Gasteiger charge is 2.34. The van der Waals surface area contributed by atoms with E-state index in [1.807, 2.05) is 6.07 Å². The van der Waals surface area contributed by atoms with Crippen LogP contribution in [-0.2, 0) is 9.53 Å². The minimum atomic E-state index is -1.08. The lowest BCUT2D eigenvalue weighted by atomic mass is 9.93. The number of nitrogens with one attached hydrogen (secondary N) is 1. The quantitative estimate of drug-likeness (QED) is 0.675. The van der Waals surface area contributed by atoms with Gasteiger partial charge in [0.1, 0.15) is 0 Å². The summed E-state index contributed by atoms with van der Waals surface area (Å²) in [5.74, 6) is 0.0513. The molecule has 0 aliphatic heterocycles. The Hall–Kier alpha value is -1.08. The third-order valence-electron chi connectivity index (χ3n) is 2.16. The molecule has 0 spiro atoms. The van der Waals surface area contributed by atoms with Crippen molar-refractivity contribution in [3.05, 3.63) is 0 Å². The minimum Gasteiger partial charge on any atom is -0.464 e. The number of rotatable bonds is 6. The van der Waals surface area contributed by atoms with Crippen LogP contribution >= 0.6 is 0 Å². The van der Waals surface area contributed by atoms with Crippen molar-refractivity contribution in [2.75, 3.05) is 20.2 Å². The Kier molecular flexibility index (Phi) is 5.95. The molecule has 0 fully saturated rings. The highest BCUT2D eigenvalue weighted by molar-refractivity contribution is 5.79. The number of carbonyl (C=O) groups is 1. The summed E-state index contributed by atoms with van der Waals surface area (Å²) >= 11 is 0. The van der Waals surface area contributed by atoms with E-state index in [1.165, 1.54) is 0 Å². The molecule has 15 heavy (non-hydrogen) atoms. The maximum atomic E-state index is 11.6. The summed E-state index contributed by atoms with van der Waals surface area (Å²) in [5, 5.41) is 11.7. The Bertz CT molecular complexity index is 245. The van der Waals surface area contributed by atoms with Gasteiger partial charge in [0.2, 0.25) is 0 Å². The number of ether oxygens (including phenoxy) is 1. The summed E-state index contributed by atoms with van der Waals surface area (Å²) in [6, 6.07) is 1.98. The molecule has 86 valence electrons. The van der Waals surface area contributed by atoms with Crippen molar-refractivity contribution >= 4 is 5.97 Å². The molecule has 0 heterocycles. The molecule has 0 bridgehead atoms. The molecule has 0 saturated heterocycles. The van der Waals surface area contributed by atoms with Gasteiger partial charge in [0.25, 0.3) is 0 Å². The van der Waals surface area contributed by atoms with Gasteiger partial charge in [-0.3, -0.25) is 4.79 Å². The smallest absolute Gasteiger partial charge is 0.327 e. The summed E-state index contributed by atoms with van der Waals surface area (Å²) in [6.45, 7) is 6.40. The number of hydrogen-bond acceptors (Lipinski definition) is 4. The fourth-order valence-corrected chi connectivity index (χ4v) is 1.06. The van der Waals surface area contributed by atoms with Crippen LogP contribution in [0.5, 0.6) is 0 Å². The predicted octanol–water partition coefficient (Wildman–Crippen LogP) is 1.32. The van der Waals surface area contributed by atoms with Gasteiger partial charge in [-0.15, -0.1) is 0 Å². The molecule has 1 atom stereocenters. The SMILES string of the molecule is CNCC(C)(C#N)C(=O)OCCC(C)C. The fourth-order valence-electron chi connectivity index (χ4n) is 1.06. The van der Waals surface area contributed by atoms with E-state index in [9.17, 15) is 4.79 Å². The van der Waals surface area contributed by atoms with Gasteiger partial charge in [-0.05, 0) is 26.3 Å². The van der Waals surface area contributed by atoms with Crippen LogP contribution in [0.1, 0.15) is 27.2 Å². The summed E-state index contributed by atoms with van der Waals surface area (Å²) in [7, 11) is 1.71. The van der Waals surface area contributed by atoms with Gasteiger partial charge >= 0.3 is 5.97 Å². The van der Waals surface area contributed by atoms with E-state index >= 15 is 0 Å². The molecule has 1 N–H and O–H groups in total. The third-order valence-corrected chi connectivity index (χ3v) is 2.16. The largest absolute Gasteiger partial charge is 0.464 e. The molecule has 0 aromatic carbocycles. The van der Waals surface area contributed by atoms with Gasteiger partial charge < -0.3 is 10.1 Å². The number of esters is 1. The minimum absolute atomic E-state index is 0.310. The van der Waals surface area contributed by atoms with Gasteiger partial charge in [0.05, 0.1) is 12.7 Å². The lowest BCUT2D eigenvalue weighted by Crippen LogP contribution is -2.37. The molecule has 4 nitrogen and oxygen atoms in total. The zero-order valence-corrected chi connectivity index (χ0v) is 9.96. The second-order valence-electron chi connectivity index (χ2n) is 4.29. The first-order valence-electron chi connectivity index (χ1n) is 5.19. The average molecular weight is 212 g/mol. The molecular weight excluding hydrogens is 192 g/mol. The number of hydrogen-bond donors (Lipinski definition) is 1. The Labute approximate surface area is 91.6 Å². The zero-order chi connectivity index (χ0) is 11.9. The second kappa shape index (κ2) is 6.41. The van der Waals surface area contributed by atoms with Gasteiger partial charge in [0, 0.05) is 6.54 Å². The van der Waals surface area contributed by atoms with Crippen molar-refractivity contribution in [3.63, 3.8) is 0 Å². The number of nitrogens with zero attached hydrogens (tertiary/aromatic N) is 1. The van der Waals surface area contributed by atoms with Crippen LogP contribution in [0, 0.1) is 22.7 Å². The summed E-state index contributed by atoms with van der Waals surface area (Å²) in [5.41, 5.74) is -1.08. The van der Waals surface area contributed by atoms with E-state index < -0.39 is 11.4 Å². The molecule has 0 radical (unpaired) electrons. The van der Waals surface area contributed by atoms with E-state index in [0.29, 0.717) is 19.1 Å². The molecule has 0 amide bonds. The normalized spacial score (nSPS) is 14.4. The first kappa shape index (κ1) is 13.9. The molecule has 0 aliphatic rings. The van der Waals surface area contributed by atoms with Crippen molar-refractivity contribution in [1.82, 2.24) is 5.32 Å². The van der Waals surface area contributed by atoms with E-state index in [0.717, 1.165) is 6.42 Å². The van der Waals surface area contributed by atoms with E-state index in [1.54, 1.807) is 14.0 Å². The molecular formula is C11H20N2O2. The number of nitriles is 1. The Morgan fingerprint density at radius 2 is 2.20 bits per heavy atom. The van der Waals surface area contributed by atoms with Crippen LogP contribution in [0.25, 0.3) is 0 Å². The lowest BCUT2D eigenvalue weighted by Gasteiger charge is -2.19. The molecule has 0 aromatic heterocycles. The summed E-state index contributed by atoms with van der Waals surface area (Å²) in [4.78, 5) is 11.6. The van der Waals surface area contributed by atoms with Gasteiger partial charge in [-0.25, -0.2) is 0 Å². The molecule has 1 unspecified atom stereocenters. The Balaban J connectivity index is 4.12. The average Bonchev–Trinajstić information content (AvgIpc) is 2.17. The van der Waals surface area contributed by atoms with Crippen molar-refractivity contribution in [2.45, 2.75) is 27.2 Å². The molecule has 0 aliphatic carbocycles. The number of carbonyl (C=O) groups excluding carboxylic acids is 1. The highest BCUT2D eigenvalue weighted by Crippen LogP contribution is 2.16. The van der Waals surface area contributed by atoms with E-state index in [-0.39, 0.29) is 0 Å². The van der Waals surface area contributed by atoms with Crippen LogP contribution in [-0.4, -0.2) is 26.2 Å².